The minimum atomic E-state index is -0.403. The van der Waals surface area contributed by atoms with Gasteiger partial charge in [-0.25, -0.2) is 4.39 Å². The summed E-state index contributed by atoms with van der Waals surface area (Å²) in [5.74, 6) is 0.904. The van der Waals surface area contributed by atoms with Crippen molar-refractivity contribution in [2.75, 3.05) is 19.8 Å². The van der Waals surface area contributed by atoms with Gasteiger partial charge in [0.25, 0.3) is 5.91 Å². The molecule has 2 aromatic rings. The van der Waals surface area contributed by atoms with Crippen molar-refractivity contribution in [1.82, 2.24) is 5.32 Å². The van der Waals surface area contributed by atoms with Gasteiger partial charge < -0.3 is 14.8 Å². The molecule has 1 amide bonds. The second-order valence-corrected chi connectivity index (χ2v) is 7.04. The van der Waals surface area contributed by atoms with Crippen molar-refractivity contribution in [2.24, 2.45) is 0 Å². The van der Waals surface area contributed by atoms with Crippen LogP contribution in [0, 0.1) is 5.82 Å². The third-order valence-corrected chi connectivity index (χ3v) is 5.39. The molecule has 26 heavy (non-hydrogen) atoms. The van der Waals surface area contributed by atoms with E-state index in [1.807, 2.05) is 12.1 Å². The highest BCUT2D eigenvalue weighted by molar-refractivity contribution is 5.94. The lowest BCUT2D eigenvalue weighted by Gasteiger charge is -2.31. The molecule has 0 atom stereocenters. The first-order chi connectivity index (χ1) is 12.7. The summed E-state index contributed by atoms with van der Waals surface area (Å²) in [6, 6.07) is 11.9. The zero-order valence-corrected chi connectivity index (χ0v) is 14.6. The van der Waals surface area contributed by atoms with E-state index in [1.54, 1.807) is 12.1 Å². The monoisotopic (exact) mass is 355 g/mol. The highest BCUT2D eigenvalue weighted by Crippen LogP contribution is 2.43. The molecular weight excluding hydrogens is 333 g/mol. The number of carbonyl (C=O) groups excluding carboxylic acids is 1. The van der Waals surface area contributed by atoms with E-state index >= 15 is 0 Å². The van der Waals surface area contributed by atoms with Gasteiger partial charge in [-0.3, -0.25) is 4.79 Å². The summed E-state index contributed by atoms with van der Waals surface area (Å²) in [6.07, 6.45) is 4.28. The van der Waals surface area contributed by atoms with Crippen LogP contribution in [0.1, 0.15) is 41.6 Å². The fraction of sp³-hybridized carbons (Fsp3) is 0.381. The van der Waals surface area contributed by atoms with Crippen LogP contribution in [-0.2, 0) is 5.41 Å². The van der Waals surface area contributed by atoms with Gasteiger partial charge in [0.2, 0.25) is 0 Å². The van der Waals surface area contributed by atoms with Crippen molar-refractivity contribution in [3.63, 3.8) is 0 Å². The van der Waals surface area contributed by atoms with Gasteiger partial charge in [0, 0.05) is 17.5 Å². The predicted octanol–water partition coefficient (Wildman–Crippen LogP) is 3.84. The van der Waals surface area contributed by atoms with E-state index in [2.05, 4.69) is 11.4 Å². The van der Waals surface area contributed by atoms with E-state index < -0.39 is 5.82 Å². The van der Waals surface area contributed by atoms with Gasteiger partial charge >= 0.3 is 0 Å². The number of hydrogen-bond acceptors (Lipinski definition) is 3. The normalized spacial score (nSPS) is 17.7. The standard InChI is InChI=1S/C21H22FNO3/c22-17-5-3-4-15(12-17)20(24)23-14-21(8-1-2-9-21)16-6-7-18-19(13-16)26-11-10-25-18/h3-7,12-13H,1-2,8-11,14H2,(H,23,24). The topological polar surface area (TPSA) is 47.6 Å². The maximum Gasteiger partial charge on any atom is 0.251 e. The first-order valence-electron chi connectivity index (χ1n) is 9.10. The van der Waals surface area contributed by atoms with Crippen molar-refractivity contribution < 1.29 is 18.7 Å². The van der Waals surface area contributed by atoms with Gasteiger partial charge in [-0.15, -0.1) is 0 Å². The van der Waals surface area contributed by atoms with Crippen LogP contribution in [0.15, 0.2) is 42.5 Å². The molecule has 0 unspecified atom stereocenters. The number of rotatable bonds is 4. The van der Waals surface area contributed by atoms with E-state index in [-0.39, 0.29) is 11.3 Å². The minimum Gasteiger partial charge on any atom is -0.486 e. The molecule has 0 bridgehead atoms. The van der Waals surface area contributed by atoms with Crippen LogP contribution in [0.4, 0.5) is 4.39 Å². The van der Waals surface area contributed by atoms with Crippen molar-refractivity contribution >= 4 is 5.91 Å². The number of hydrogen-bond donors (Lipinski definition) is 1. The molecule has 1 N–H and O–H groups in total. The lowest BCUT2D eigenvalue weighted by Crippen LogP contribution is -2.39. The van der Waals surface area contributed by atoms with Crippen LogP contribution in [0.5, 0.6) is 11.5 Å². The Labute approximate surface area is 152 Å². The molecule has 0 radical (unpaired) electrons. The van der Waals surface area contributed by atoms with Crippen LogP contribution in [-0.4, -0.2) is 25.7 Å². The van der Waals surface area contributed by atoms with E-state index in [1.165, 1.54) is 17.7 Å². The lowest BCUT2D eigenvalue weighted by atomic mass is 9.78. The molecule has 1 heterocycles. The summed E-state index contributed by atoms with van der Waals surface area (Å²) in [6.45, 7) is 1.66. The van der Waals surface area contributed by atoms with Crippen LogP contribution < -0.4 is 14.8 Å². The molecule has 2 aromatic carbocycles. The highest BCUT2D eigenvalue weighted by Gasteiger charge is 2.36. The number of fused-ring (bicyclic) bond motifs is 1. The van der Waals surface area contributed by atoms with Crippen molar-refractivity contribution in [1.29, 1.82) is 0 Å². The second kappa shape index (κ2) is 6.98. The van der Waals surface area contributed by atoms with Gasteiger partial charge in [0.15, 0.2) is 11.5 Å². The predicted molar refractivity (Wildman–Crippen MR) is 96.3 cm³/mol. The molecule has 1 aliphatic heterocycles. The smallest absolute Gasteiger partial charge is 0.251 e. The number of ether oxygens (including phenoxy) is 2. The largest absolute Gasteiger partial charge is 0.486 e. The number of amides is 1. The Hall–Kier alpha value is -2.56. The molecule has 0 aromatic heterocycles. The first kappa shape index (κ1) is 16.9. The number of carbonyl (C=O) groups is 1. The molecule has 5 heteroatoms. The van der Waals surface area contributed by atoms with Gasteiger partial charge in [0.1, 0.15) is 19.0 Å². The molecule has 0 spiro atoms. The minimum absolute atomic E-state index is 0.112. The maximum atomic E-state index is 13.4. The molecule has 4 nitrogen and oxygen atoms in total. The third kappa shape index (κ3) is 3.26. The number of halogens is 1. The zero-order valence-electron chi connectivity index (χ0n) is 14.6. The SMILES string of the molecule is O=C(NCC1(c2ccc3c(c2)OCCO3)CCCC1)c1cccc(F)c1. The summed E-state index contributed by atoms with van der Waals surface area (Å²) < 4.78 is 24.7. The molecule has 1 saturated carbocycles. The fourth-order valence-corrected chi connectivity index (χ4v) is 3.97. The van der Waals surface area contributed by atoms with Crippen LogP contribution in [0.3, 0.4) is 0 Å². The molecule has 1 fully saturated rings. The Morgan fingerprint density at radius 2 is 1.81 bits per heavy atom. The average molecular weight is 355 g/mol. The Balaban J connectivity index is 1.54. The fourth-order valence-electron chi connectivity index (χ4n) is 3.97. The molecule has 2 aliphatic rings. The highest BCUT2D eigenvalue weighted by atomic mass is 19.1. The summed E-state index contributed by atoms with van der Waals surface area (Å²) in [4.78, 5) is 12.4. The summed E-state index contributed by atoms with van der Waals surface area (Å²) >= 11 is 0. The van der Waals surface area contributed by atoms with Crippen LogP contribution >= 0.6 is 0 Å². The summed E-state index contributed by atoms with van der Waals surface area (Å²) in [7, 11) is 0. The number of benzene rings is 2. The van der Waals surface area contributed by atoms with Gasteiger partial charge in [-0.05, 0) is 48.7 Å². The molecular formula is C21H22FNO3. The summed E-state index contributed by atoms with van der Waals surface area (Å²) in [5, 5.41) is 3.01. The van der Waals surface area contributed by atoms with E-state index in [0.717, 1.165) is 37.2 Å². The average Bonchev–Trinajstić information content (AvgIpc) is 3.16. The van der Waals surface area contributed by atoms with Gasteiger partial charge in [-0.2, -0.15) is 0 Å². The Morgan fingerprint density at radius 3 is 2.58 bits per heavy atom. The van der Waals surface area contributed by atoms with Crippen molar-refractivity contribution in [3.8, 4) is 11.5 Å². The maximum absolute atomic E-state index is 13.4. The summed E-state index contributed by atoms with van der Waals surface area (Å²) in [5.41, 5.74) is 1.40. The third-order valence-electron chi connectivity index (χ3n) is 5.39. The quantitative estimate of drug-likeness (QED) is 0.906. The van der Waals surface area contributed by atoms with E-state index in [9.17, 15) is 9.18 Å². The second-order valence-electron chi connectivity index (χ2n) is 7.04. The van der Waals surface area contributed by atoms with Gasteiger partial charge in [-0.1, -0.05) is 25.0 Å². The van der Waals surface area contributed by atoms with E-state index in [4.69, 9.17) is 9.47 Å². The molecule has 1 aliphatic carbocycles. The van der Waals surface area contributed by atoms with Crippen molar-refractivity contribution in [2.45, 2.75) is 31.1 Å². The Morgan fingerprint density at radius 1 is 1.04 bits per heavy atom. The van der Waals surface area contributed by atoms with E-state index in [0.29, 0.717) is 25.3 Å². The number of nitrogens with one attached hydrogen (secondary N) is 1. The molecule has 4 rings (SSSR count). The lowest BCUT2D eigenvalue weighted by molar-refractivity contribution is 0.0942. The zero-order chi connectivity index (χ0) is 18.0. The van der Waals surface area contributed by atoms with Crippen LogP contribution in [0.2, 0.25) is 0 Å². The van der Waals surface area contributed by atoms with Crippen LogP contribution in [0.25, 0.3) is 0 Å². The Bertz CT molecular complexity index is 815. The Kier molecular flexibility index (Phi) is 4.53. The van der Waals surface area contributed by atoms with Crippen molar-refractivity contribution in [3.05, 3.63) is 59.4 Å². The van der Waals surface area contributed by atoms with Gasteiger partial charge in [0.05, 0.1) is 0 Å². The first-order valence-corrected chi connectivity index (χ1v) is 9.10. The molecule has 136 valence electrons. The molecule has 0 saturated heterocycles.